The highest BCUT2D eigenvalue weighted by molar-refractivity contribution is 7.99. The number of nitrogens with two attached hydrogens (primary N) is 1. The number of rotatable bonds is 4. The van der Waals surface area contributed by atoms with E-state index >= 15 is 0 Å². The van der Waals surface area contributed by atoms with Crippen molar-refractivity contribution in [2.75, 3.05) is 5.32 Å². The van der Waals surface area contributed by atoms with E-state index in [9.17, 15) is 4.79 Å². The third kappa shape index (κ3) is 6.08. The first kappa shape index (κ1) is 18.2. The monoisotopic (exact) mass is 373 g/mol. The highest BCUT2D eigenvalue weighted by Crippen LogP contribution is 2.30. The minimum atomic E-state index is -0.528. The molecular formula is C15H20ClN3O2S2. The van der Waals surface area contributed by atoms with Crippen LogP contribution in [0.15, 0.2) is 28.3 Å². The van der Waals surface area contributed by atoms with Crippen LogP contribution in [0.3, 0.4) is 0 Å². The molecule has 2 rings (SSSR count). The lowest BCUT2D eigenvalue weighted by molar-refractivity contribution is 0.0636. The van der Waals surface area contributed by atoms with E-state index < -0.39 is 11.7 Å². The Kier molecular flexibility index (Phi) is 6.00. The second kappa shape index (κ2) is 7.59. The smallest absolute Gasteiger partial charge is 0.413 e. The van der Waals surface area contributed by atoms with Crippen molar-refractivity contribution in [2.24, 2.45) is 5.73 Å². The molecule has 3 N–H and O–H groups in total. The summed E-state index contributed by atoms with van der Waals surface area (Å²) in [5, 5.41) is 6.00. The van der Waals surface area contributed by atoms with Crippen LogP contribution < -0.4 is 11.1 Å². The summed E-state index contributed by atoms with van der Waals surface area (Å²) in [4.78, 5) is 16.1. The van der Waals surface area contributed by atoms with Crippen LogP contribution in [0.25, 0.3) is 0 Å². The third-order valence-electron chi connectivity index (χ3n) is 2.80. The topological polar surface area (TPSA) is 77.2 Å². The number of thiazole rings is 1. The van der Waals surface area contributed by atoms with Crippen molar-refractivity contribution in [1.29, 1.82) is 0 Å². The molecule has 1 unspecified atom stereocenters. The molecule has 5 nitrogen and oxygen atoms in total. The highest BCUT2D eigenvalue weighted by atomic mass is 35.5. The van der Waals surface area contributed by atoms with E-state index in [1.807, 2.05) is 32.2 Å². The average Bonchev–Trinajstić information content (AvgIpc) is 2.83. The van der Waals surface area contributed by atoms with Crippen LogP contribution in [0.2, 0.25) is 0 Å². The Hall–Kier alpha value is -1.18. The summed E-state index contributed by atoms with van der Waals surface area (Å²) in [6, 6.07) is 0. The van der Waals surface area contributed by atoms with E-state index in [4.69, 9.17) is 22.1 Å². The van der Waals surface area contributed by atoms with Gasteiger partial charge in [0.25, 0.3) is 0 Å². The van der Waals surface area contributed by atoms with Gasteiger partial charge in [-0.15, -0.1) is 23.1 Å². The zero-order valence-corrected chi connectivity index (χ0v) is 15.6. The number of allylic oxidation sites excluding steroid dienone is 3. The minimum absolute atomic E-state index is 0.210. The number of thioether (sulfide) groups is 1. The average molecular weight is 374 g/mol. The Labute approximate surface area is 149 Å². The fourth-order valence-corrected chi connectivity index (χ4v) is 3.87. The summed E-state index contributed by atoms with van der Waals surface area (Å²) in [6.07, 6.45) is 4.08. The Morgan fingerprint density at radius 3 is 3.00 bits per heavy atom. The van der Waals surface area contributed by atoms with Gasteiger partial charge in [0, 0.05) is 27.1 Å². The van der Waals surface area contributed by atoms with Crippen LogP contribution in [-0.2, 0) is 10.5 Å². The molecule has 0 bridgehead atoms. The fourth-order valence-electron chi connectivity index (χ4n) is 1.84. The molecule has 1 heterocycles. The SMILES string of the molecule is CC(C)(C)OC(=O)Nc1nc(CSC2CC=C(Cl)C=C2N)cs1. The first-order valence-electron chi connectivity index (χ1n) is 7.11. The van der Waals surface area contributed by atoms with Gasteiger partial charge in [0.15, 0.2) is 5.13 Å². The number of carbonyl (C=O) groups is 1. The molecule has 0 aliphatic heterocycles. The van der Waals surface area contributed by atoms with Crippen LogP contribution in [-0.4, -0.2) is 21.9 Å². The summed E-state index contributed by atoms with van der Waals surface area (Å²) in [6.45, 7) is 5.46. The molecule has 1 aromatic heterocycles. The lowest BCUT2D eigenvalue weighted by Crippen LogP contribution is -2.27. The van der Waals surface area contributed by atoms with Gasteiger partial charge in [-0.25, -0.2) is 9.78 Å². The van der Waals surface area contributed by atoms with Gasteiger partial charge in [-0.1, -0.05) is 17.7 Å². The van der Waals surface area contributed by atoms with Crippen LogP contribution in [0.5, 0.6) is 0 Å². The summed E-state index contributed by atoms with van der Waals surface area (Å²) in [5.41, 5.74) is 7.14. The van der Waals surface area contributed by atoms with Gasteiger partial charge in [-0.05, 0) is 33.3 Å². The number of ether oxygens (including phenoxy) is 1. The van der Waals surface area contributed by atoms with E-state index in [1.54, 1.807) is 17.8 Å². The Morgan fingerprint density at radius 2 is 2.35 bits per heavy atom. The molecular weight excluding hydrogens is 354 g/mol. The van der Waals surface area contributed by atoms with Crippen molar-refractivity contribution < 1.29 is 9.53 Å². The third-order valence-corrected chi connectivity index (χ3v) is 5.19. The summed E-state index contributed by atoms with van der Waals surface area (Å²) in [5.74, 6) is 0.719. The summed E-state index contributed by atoms with van der Waals surface area (Å²) >= 11 is 9.01. The van der Waals surface area contributed by atoms with E-state index in [-0.39, 0.29) is 5.25 Å². The second-order valence-corrected chi connectivity index (χ2v) is 8.53. The molecule has 0 fully saturated rings. The zero-order chi connectivity index (χ0) is 17.0. The largest absolute Gasteiger partial charge is 0.444 e. The molecule has 0 aromatic carbocycles. The van der Waals surface area contributed by atoms with Gasteiger partial charge >= 0.3 is 6.09 Å². The first-order valence-corrected chi connectivity index (χ1v) is 9.42. The number of amides is 1. The number of nitrogens with one attached hydrogen (secondary N) is 1. The highest BCUT2D eigenvalue weighted by Gasteiger charge is 2.18. The predicted molar refractivity (Wildman–Crippen MR) is 97.9 cm³/mol. The van der Waals surface area contributed by atoms with Gasteiger partial charge in [-0.2, -0.15) is 0 Å². The minimum Gasteiger partial charge on any atom is -0.444 e. The van der Waals surface area contributed by atoms with Crippen molar-refractivity contribution in [1.82, 2.24) is 4.98 Å². The Bertz CT molecular complexity index is 635. The lowest BCUT2D eigenvalue weighted by atomic mass is 10.1. The fraction of sp³-hybridized carbons (Fsp3) is 0.467. The van der Waals surface area contributed by atoms with E-state index in [1.165, 1.54) is 11.3 Å². The molecule has 8 heteroatoms. The Morgan fingerprint density at radius 1 is 1.61 bits per heavy atom. The molecule has 0 saturated carbocycles. The number of anilines is 1. The summed E-state index contributed by atoms with van der Waals surface area (Å²) < 4.78 is 5.20. The van der Waals surface area contributed by atoms with E-state index in [0.717, 1.165) is 23.6 Å². The lowest BCUT2D eigenvalue weighted by Gasteiger charge is -2.19. The standard InChI is InChI=1S/C15H20ClN3O2S2/c1-15(2,3)21-14(20)19-13-18-10(8-23-13)7-22-12-5-4-9(16)6-11(12)17/h4,6,8,12H,5,7,17H2,1-3H3,(H,18,19,20). The van der Waals surface area contributed by atoms with Gasteiger partial charge in [0.2, 0.25) is 0 Å². The molecule has 23 heavy (non-hydrogen) atoms. The quantitative estimate of drug-likeness (QED) is 0.814. The maximum atomic E-state index is 11.7. The van der Waals surface area contributed by atoms with Crippen molar-refractivity contribution in [3.63, 3.8) is 0 Å². The normalized spacial score (nSPS) is 18.2. The van der Waals surface area contributed by atoms with Crippen molar-refractivity contribution in [3.05, 3.63) is 34.0 Å². The molecule has 1 amide bonds. The van der Waals surface area contributed by atoms with Gasteiger partial charge in [-0.3, -0.25) is 5.32 Å². The van der Waals surface area contributed by atoms with Gasteiger partial charge < -0.3 is 10.5 Å². The molecule has 1 aliphatic rings. The summed E-state index contributed by atoms with van der Waals surface area (Å²) in [7, 11) is 0. The van der Waals surface area contributed by atoms with Gasteiger partial charge in [0.1, 0.15) is 5.60 Å². The first-order chi connectivity index (χ1) is 10.7. The van der Waals surface area contributed by atoms with E-state index in [0.29, 0.717) is 10.2 Å². The number of carbonyl (C=O) groups excluding carboxylic acids is 1. The van der Waals surface area contributed by atoms with E-state index in [2.05, 4.69) is 10.3 Å². The molecule has 1 aliphatic carbocycles. The van der Waals surface area contributed by atoms with Crippen LogP contribution in [0.1, 0.15) is 32.9 Å². The molecule has 0 saturated heterocycles. The number of aromatic nitrogens is 1. The maximum absolute atomic E-state index is 11.7. The molecule has 0 radical (unpaired) electrons. The van der Waals surface area contributed by atoms with Crippen molar-refractivity contribution >= 4 is 45.9 Å². The van der Waals surface area contributed by atoms with Crippen LogP contribution >= 0.6 is 34.7 Å². The van der Waals surface area contributed by atoms with Crippen molar-refractivity contribution in [3.8, 4) is 0 Å². The van der Waals surface area contributed by atoms with Crippen LogP contribution in [0, 0.1) is 0 Å². The number of hydrogen-bond donors (Lipinski definition) is 2. The molecule has 0 spiro atoms. The second-order valence-electron chi connectivity index (χ2n) is 6.04. The number of halogens is 1. The molecule has 126 valence electrons. The molecule has 1 atom stereocenters. The molecule has 1 aromatic rings. The Balaban J connectivity index is 1.84. The number of hydrogen-bond acceptors (Lipinski definition) is 6. The maximum Gasteiger partial charge on any atom is 0.413 e. The van der Waals surface area contributed by atoms with Gasteiger partial charge in [0.05, 0.1) is 5.69 Å². The predicted octanol–water partition coefficient (Wildman–Crippen LogP) is 4.46. The number of nitrogens with zero attached hydrogens (tertiary/aromatic N) is 1. The van der Waals surface area contributed by atoms with Crippen LogP contribution in [0.4, 0.5) is 9.93 Å². The zero-order valence-electron chi connectivity index (χ0n) is 13.3. The van der Waals surface area contributed by atoms with Crippen molar-refractivity contribution in [2.45, 2.75) is 43.8 Å².